The summed E-state index contributed by atoms with van der Waals surface area (Å²) in [5, 5.41) is 11.0. The third-order valence-corrected chi connectivity index (χ3v) is 6.33. The van der Waals surface area contributed by atoms with Gasteiger partial charge in [-0.25, -0.2) is 0 Å². The first-order valence-corrected chi connectivity index (χ1v) is 11.5. The normalized spacial score (nSPS) is 14.7. The number of nitrogens with zero attached hydrogens (tertiary/aromatic N) is 2. The number of non-ortho nitro benzene ring substituents is 1. The van der Waals surface area contributed by atoms with Gasteiger partial charge in [-0.2, -0.15) is 0 Å². The molecule has 4 rings (SSSR count). The molecule has 3 aromatic carbocycles. The van der Waals surface area contributed by atoms with Crippen molar-refractivity contribution in [2.45, 2.75) is 25.8 Å². The Morgan fingerprint density at radius 2 is 1.71 bits per heavy atom. The van der Waals surface area contributed by atoms with Gasteiger partial charge in [0.1, 0.15) is 23.9 Å². The number of fused-ring (bicyclic) bond motifs is 1. The monoisotopic (exact) mass is 476 g/mol. The number of hydrogen-bond acceptors (Lipinski definition) is 6. The zero-order valence-corrected chi connectivity index (χ0v) is 20.0. The van der Waals surface area contributed by atoms with Crippen LogP contribution in [0.2, 0.25) is 0 Å². The zero-order chi connectivity index (χ0) is 24.9. The van der Waals surface area contributed by atoms with Crippen LogP contribution in [0.4, 0.5) is 5.69 Å². The molecule has 1 aliphatic heterocycles. The highest BCUT2D eigenvalue weighted by molar-refractivity contribution is 5.95. The Morgan fingerprint density at radius 1 is 1.03 bits per heavy atom. The average molecular weight is 477 g/mol. The first kappa shape index (κ1) is 24.1. The van der Waals surface area contributed by atoms with Gasteiger partial charge in [0, 0.05) is 24.2 Å². The number of aryl methyl sites for hydroxylation is 1. The van der Waals surface area contributed by atoms with Crippen molar-refractivity contribution in [1.82, 2.24) is 4.90 Å². The van der Waals surface area contributed by atoms with E-state index < -0.39 is 4.92 Å². The number of hydrogen-bond donors (Lipinski definition) is 0. The molecule has 0 radical (unpaired) electrons. The van der Waals surface area contributed by atoms with E-state index in [0.29, 0.717) is 24.3 Å². The van der Waals surface area contributed by atoms with Crippen LogP contribution in [0.3, 0.4) is 0 Å². The van der Waals surface area contributed by atoms with Crippen LogP contribution in [0, 0.1) is 10.1 Å². The van der Waals surface area contributed by atoms with Gasteiger partial charge < -0.3 is 19.1 Å². The summed E-state index contributed by atoms with van der Waals surface area (Å²) in [6, 6.07) is 16.8. The standard InChI is InChI=1S/C27H28N2O6/c1-4-18-15-20-13-14-28(27(30)19-5-7-21(8-6-19)29(31)32)25(24(20)16-26(18)34-3)17-35-23-11-9-22(33-2)10-12-23/h5-12,15-16,25H,4,13-14,17H2,1-3H3. The number of carbonyl (C=O) groups excluding carboxylic acids is 1. The smallest absolute Gasteiger partial charge is 0.269 e. The van der Waals surface area contributed by atoms with Crippen LogP contribution in [-0.2, 0) is 12.8 Å². The van der Waals surface area contributed by atoms with E-state index in [2.05, 4.69) is 13.0 Å². The minimum Gasteiger partial charge on any atom is -0.497 e. The first-order valence-electron chi connectivity index (χ1n) is 11.5. The SMILES string of the molecule is CCc1cc2c(cc1OC)C(COc1ccc(OC)cc1)N(C(=O)c1ccc([N+](=O)[O-])cc1)CC2. The maximum atomic E-state index is 13.5. The van der Waals surface area contributed by atoms with Crippen LogP contribution in [-0.4, -0.2) is 43.1 Å². The van der Waals surface area contributed by atoms with Crippen LogP contribution >= 0.6 is 0 Å². The molecule has 0 saturated heterocycles. The van der Waals surface area contributed by atoms with E-state index >= 15 is 0 Å². The first-order chi connectivity index (χ1) is 16.9. The molecular formula is C27H28N2O6. The molecule has 182 valence electrons. The number of benzene rings is 3. The summed E-state index contributed by atoms with van der Waals surface area (Å²) in [5.41, 5.74) is 3.61. The highest BCUT2D eigenvalue weighted by Gasteiger charge is 2.33. The van der Waals surface area contributed by atoms with Crippen LogP contribution in [0.25, 0.3) is 0 Å². The molecule has 1 unspecified atom stereocenters. The summed E-state index contributed by atoms with van der Waals surface area (Å²) in [5.74, 6) is 1.97. The van der Waals surface area contributed by atoms with Crippen molar-refractivity contribution in [2.75, 3.05) is 27.4 Å². The molecule has 0 fully saturated rings. The second kappa shape index (κ2) is 10.5. The topological polar surface area (TPSA) is 91.1 Å². The number of nitro groups is 1. The molecule has 0 aliphatic carbocycles. The van der Waals surface area contributed by atoms with Crippen molar-refractivity contribution in [1.29, 1.82) is 0 Å². The number of amides is 1. The fourth-order valence-corrected chi connectivity index (χ4v) is 4.41. The van der Waals surface area contributed by atoms with Crippen LogP contribution in [0.5, 0.6) is 17.2 Å². The predicted octanol–water partition coefficient (Wildman–Crippen LogP) is 4.99. The van der Waals surface area contributed by atoms with Gasteiger partial charge in [-0.05, 0) is 72.0 Å². The molecule has 1 aliphatic rings. The van der Waals surface area contributed by atoms with Crippen molar-refractivity contribution < 1.29 is 23.9 Å². The van der Waals surface area contributed by atoms with E-state index in [9.17, 15) is 14.9 Å². The number of rotatable bonds is 8. The van der Waals surface area contributed by atoms with Gasteiger partial charge in [0.25, 0.3) is 11.6 Å². The van der Waals surface area contributed by atoms with Crippen molar-refractivity contribution >= 4 is 11.6 Å². The summed E-state index contributed by atoms with van der Waals surface area (Å²) in [7, 11) is 3.25. The number of nitro benzene ring substituents is 1. The molecular weight excluding hydrogens is 448 g/mol. The second-order valence-corrected chi connectivity index (χ2v) is 8.27. The van der Waals surface area contributed by atoms with Crippen molar-refractivity contribution in [3.05, 3.63) is 93.0 Å². The molecule has 1 amide bonds. The van der Waals surface area contributed by atoms with Gasteiger partial charge in [-0.15, -0.1) is 0 Å². The summed E-state index contributed by atoms with van der Waals surface area (Å²) in [6.07, 6.45) is 1.54. The van der Waals surface area contributed by atoms with Gasteiger partial charge in [0.15, 0.2) is 0 Å². The number of carbonyl (C=O) groups is 1. The highest BCUT2D eigenvalue weighted by atomic mass is 16.6. The Kier molecular flexibility index (Phi) is 7.19. The molecule has 1 heterocycles. The minimum absolute atomic E-state index is 0.0539. The van der Waals surface area contributed by atoms with Crippen LogP contribution < -0.4 is 14.2 Å². The Bertz CT molecular complexity index is 1210. The van der Waals surface area contributed by atoms with E-state index in [-0.39, 0.29) is 24.2 Å². The third-order valence-electron chi connectivity index (χ3n) is 6.33. The highest BCUT2D eigenvalue weighted by Crippen LogP contribution is 2.36. The zero-order valence-electron chi connectivity index (χ0n) is 20.0. The van der Waals surface area contributed by atoms with E-state index in [4.69, 9.17) is 14.2 Å². The number of methoxy groups -OCH3 is 2. The molecule has 8 heteroatoms. The van der Waals surface area contributed by atoms with Gasteiger partial charge in [0.05, 0.1) is 25.2 Å². The Labute approximate surface area is 204 Å². The maximum absolute atomic E-state index is 13.5. The molecule has 0 bridgehead atoms. The second-order valence-electron chi connectivity index (χ2n) is 8.27. The van der Waals surface area contributed by atoms with Crippen molar-refractivity contribution in [3.63, 3.8) is 0 Å². The molecule has 0 spiro atoms. The van der Waals surface area contributed by atoms with Gasteiger partial charge in [0.2, 0.25) is 0 Å². The van der Waals surface area contributed by atoms with Crippen molar-refractivity contribution in [2.24, 2.45) is 0 Å². The predicted molar refractivity (Wildman–Crippen MR) is 131 cm³/mol. The van der Waals surface area contributed by atoms with Crippen molar-refractivity contribution in [3.8, 4) is 17.2 Å². The Morgan fingerprint density at radius 3 is 2.31 bits per heavy atom. The summed E-state index contributed by atoms with van der Waals surface area (Å²) in [6.45, 7) is 2.84. The van der Waals surface area contributed by atoms with E-state index in [1.165, 1.54) is 29.8 Å². The van der Waals surface area contributed by atoms with Gasteiger partial charge in [-0.1, -0.05) is 13.0 Å². The molecule has 1 atom stereocenters. The Hall–Kier alpha value is -4.07. The number of ether oxygens (including phenoxy) is 3. The quantitative estimate of drug-likeness (QED) is 0.336. The summed E-state index contributed by atoms with van der Waals surface area (Å²) < 4.78 is 17.0. The molecule has 0 aromatic heterocycles. The minimum atomic E-state index is -0.478. The van der Waals surface area contributed by atoms with E-state index in [1.54, 1.807) is 19.1 Å². The molecule has 35 heavy (non-hydrogen) atoms. The van der Waals surface area contributed by atoms with E-state index in [1.807, 2.05) is 30.3 Å². The fourth-order valence-electron chi connectivity index (χ4n) is 4.41. The molecule has 8 nitrogen and oxygen atoms in total. The maximum Gasteiger partial charge on any atom is 0.269 e. The fraction of sp³-hybridized carbons (Fsp3) is 0.296. The van der Waals surface area contributed by atoms with Gasteiger partial charge >= 0.3 is 0 Å². The summed E-state index contributed by atoms with van der Waals surface area (Å²) in [4.78, 5) is 25.8. The van der Waals surface area contributed by atoms with Crippen LogP contribution in [0.15, 0.2) is 60.7 Å². The third kappa shape index (κ3) is 5.06. The van der Waals surface area contributed by atoms with Crippen LogP contribution in [0.1, 0.15) is 40.0 Å². The molecule has 0 N–H and O–H groups in total. The summed E-state index contributed by atoms with van der Waals surface area (Å²) >= 11 is 0. The largest absolute Gasteiger partial charge is 0.497 e. The lowest BCUT2D eigenvalue weighted by atomic mass is 9.89. The lowest BCUT2D eigenvalue weighted by Gasteiger charge is -2.38. The molecule has 3 aromatic rings. The lowest BCUT2D eigenvalue weighted by molar-refractivity contribution is -0.384. The molecule has 0 saturated carbocycles. The lowest BCUT2D eigenvalue weighted by Crippen LogP contribution is -2.42. The van der Waals surface area contributed by atoms with Gasteiger partial charge in [-0.3, -0.25) is 14.9 Å². The average Bonchev–Trinajstić information content (AvgIpc) is 2.90. The Balaban J connectivity index is 1.67. The van der Waals surface area contributed by atoms with E-state index in [0.717, 1.165) is 29.0 Å².